The van der Waals surface area contributed by atoms with Crippen molar-refractivity contribution in [2.45, 2.75) is 65.6 Å². The van der Waals surface area contributed by atoms with Crippen LogP contribution in [0.25, 0.3) is 0 Å². The fourth-order valence-corrected chi connectivity index (χ4v) is 2.49. The molecule has 1 aromatic heterocycles. The van der Waals surface area contributed by atoms with Crippen LogP contribution < -0.4 is 5.32 Å². The normalized spacial score (nSPS) is 16.3. The highest BCUT2D eigenvalue weighted by molar-refractivity contribution is 5.13. The van der Waals surface area contributed by atoms with Crippen molar-refractivity contribution in [3.05, 3.63) is 18.0 Å². The summed E-state index contributed by atoms with van der Waals surface area (Å²) in [5.41, 5.74) is 1.02. The van der Waals surface area contributed by atoms with Crippen molar-refractivity contribution >= 4 is 0 Å². The van der Waals surface area contributed by atoms with Gasteiger partial charge >= 0.3 is 0 Å². The third-order valence-electron chi connectivity index (χ3n) is 3.73. The molecule has 19 heavy (non-hydrogen) atoms. The van der Waals surface area contributed by atoms with Gasteiger partial charge in [-0.15, -0.1) is 0 Å². The quantitative estimate of drug-likeness (QED) is 0.747. The van der Waals surface area contributed by atoms with Crippen LogP contribution >= 0.6 is 0 Å². The zero-order chi connectivity index (χ0) is 14.3. The maximum atomic E-state index is 6.06. The Bertz CT molecular complexity index is 364. The van der Waals surface area contributed by atoms with Crippen molar-refractivity contribution in [2.75, 3.05) is 13.2 Å². The first-order valence-corrected chi connectivity index (χ1v) is 7.51. The molecular weight excluding hydrogens is 238 g/mol. The van der Waals surface area contributed by atoms with Crippen LogP contribution in [-0.2, 0) is 11.3 Å². The number of rotatable bonds is 9. The topological polar surface area (TPSA) is 39.1 Å². The summed E-state index contributed by atoms with van der Waals surface area (Å²) < 4.78 is 8.11. The van der Waals surface area contributed by atoms with Crippen LogP contribution in [-0.4, -0.2) is 28.5 Å². The van der Waals surface area contributed by atoms with E-state index in [4.69, 9.17) is 4.74 Å². The third kappa shape index (κ3) is 3.80. The lowest BCUT2D eigenvalue weighted by Crippen LogP contribution is -2.44. The van der Waals surface area contributed by atoms with Crippen LogP contribution in [0.3, 0.4) is 0 Å². The van der Waals surface area contributed by atoms with Gasteiger partial charge in [0, 0.05) is 19.3 Å². The second-order valence-corrected chi connectivity index (χ2v) is 5.06. The van der Waals surface area contributed by atoms with Gasteiger partial charge in [-0.1, -0.05) is 13.8 Å². The van der Waals surface area contributed by atoms with E-state index in [0.29, 0.717) is 0 Å². The molecule has 2 unspecified atom stereocenters. The highest BCUT2D eigenvalue weighted by Gasteiger charge is 2.35. The van der Waals surface area contributed by atoms with Gasteiger partial charge in [0.25, 0.3) is 0 Å². The second-order valence-electron chi connectivity index (χ2n) is 5.06. The largest absolute Gasteiger partial charge is 0.374 e. The van der Waals surface area contributed by atoms with E-state index >= 15 is 0 Å². The molecule has 0 fully saturated rings. The zero-order valence-electron chi connectivity index (χ0n) is 13.1. The van der Waals surface area contributed by atoms with Crippen molar-refractivity contribution in [3.8, 4) is 0 Å². The number of ether oxygens (including phenoxy) is 1. The first-order chi connectivity index (χ1) is 9.12. The number of nitrogens with one attached hydrogen (secondary N) is 1. The van der Waals surface area contributed by atoms with E-state index in [2.05, 4.69) is 55.8 Å². The van der Waals surface area contributed by atoms with Gasteiger partial charge in [0.1, 0.15) is 0 Å². The molecule has 1 heterocycles. The minimum absolute atomic E-state index is 0.180. The summed E-state index contributed by atoms with van der Waals surface area (Å²) in [7, 11) is 0. The fraction of sp³-hybridized carbons (Fsp3) is 0.800. The van der Waals surface area contributed by atoms with E-state index in [1.807, 2.05) is 6.20 Å². The molecule has 0 aliphatic rings. The van der Waals surface area contributed by atoms with Gasteiger partial charge < -0.3 is 10.1 Å². The van der Waals surface area contributed by atoms with Crippen LogP contribution in [0.15, 0.2) is 12.3 Å². The minimum atomic E-state index is -0.198. The van der Waals surface area contributed by atoms with Gasteiger partial charge in [-0.05, 0) is 46.2 Å². The molecule has 0 aliphatic carbocycles. The van der Waals surface area contributed by atoms with E-state index < -0.39 is 0 Å². The Balaban J connectivity index is 3.05. The highest BCUT2D eigenvalue weighted by Crippen LogP contribution is 2.32. The third-order valence-corrected chi connectivity index (χ3v) is 3.73. The predicted molar refractivity (Wildman–Crippen MR) is 79.3 cm³/mol. The molecule has 0 bridgehead atoms. The molecule has 1 aromatic rings. The fourth-order valence-electron chi connectivity index (χ4n) is 2.49. The van der Waals surface area contributed by atoms with Gasteiger partial charge in [-0.2, -0.15) is 5.10 Å². The summed E-state index contributed by atoms with van der Waals surface area (Å²) in [5.74, 6) is 0. The van der Waals surface area contributed by atoms with Crippen LogP contribution in [0.2, 0.25) is 0 Å². The van der Waals surface area contributed by atoms with Crippen molar-refractivity contribution in [3.63, 3.8) is 0 Å². The van der Waals surface area contributed by atoms with E-state index in [9.17, 15) is 0 Å². The lowest BCUT2D eigenvalue weighted by molar-refractivity contribution is -0.0581. The van der Waals surface area contributed by atoms with Gasteiger partial charge in [-0.25, -0.2) is 0 Å². The maximum Gasteiger partial charge on any atom is 0.0860 e. The number of nitrogens with zero attached hydrogens (tertiary/aromatic N) is 2. The monoisotopic (exact) mass is 267 g/mol. The molecule has 4 heteroatoms. The maximum absolute atomic E-state index is 6.06. The molecule has 0 amide bonds. The van der Waals surface area contributed by atoms with E-state index in [0.717, 1.165) is 32.5 Å². The average Bonchev–Trinajstić information content (AvgIpc) is 2.87. The summed E-state index contributed by atoms with van der Waals surface area (Å²) in [5, 5.41) is 8.03. The number of hydrogen-bond acceptors (Lipinski definition) is 3. The molecule has 0 aliphatic heterocycles. The molecule has 110 valence electrons. The van der Waals surface area contributed by atoms with Gasteiger partial charge in [0.15, 0.2) is 0 Å². The molecule has 0 aromatic carbocycles. The standard InChI is InChI=1S/C15H29N3O/c1-6-11-16-14(15(5,7-2)19-9-4)13-10-12-17-18(13)8-3/h10,12,14,16H,6-9,11H2,1-5H3. The van der Waals surface area contributed by atoms with Crippen LogP contribution in [0.5, 0.6) is 0 Å². The van der Waals surface area contributed by atoms with Crippen molar-refractivity contribution in [1.82, 2.24) is 15.1 Å². The Morgan fingerprint density at radius 3 is 2.63 bits per heavy atom. The molecular formula is C15H29N3O. The Kier molecular flexibility index (Phi) is 6.52. The molecule has 2 atom stereocenters. The van der Waals surface area contributed by atoms with Gasteiger partial charge in [0.2, 0.25) is 0 Å². The lowest BCUT2D eigenvalue weighted by atomic mass is 9.90. The Hall–Kier alpha value is -0.870. The first kappa shape index (κ1) is 16.2. The number of hydrogen-bond donors (Lipinski definition) is 1. The predicted octanol–water partition coefficient (Wildman–Crippen LogP) is 3.15. The Labute approximate surface area is 117 Å². The van der Waals surface area contributed by atoms with Crippen molar-refractivity contribution in [2.24, 2.45) is 0 Å². The lowest BCUT2D eigenvalue weighted by Gasteiger charge is -2.37. The Morgan fingerprint density at radius 1 is 1.37 bits per heavy atom. The van der Waals surface area contributed by atoms with Gasteiger partial charge in [0.05, 0.1) is 17.3 Å². The molecule has 0 radical (unpaired) electrons. The zero-order valence-corrected chi connectivity index (χ0v) is 13.1. The highest BCUT2D eigenvalue weighted by atomic mass is 16.5. The molecule has 1 N–H and O–H groups in total. The Morgan fingerprint density at radius 2 is 2.11 bits per heavy atom. The summed E-state index contributed by atoms with van der Waals surface area (Å²) in [6.45, 7) is 13.3. The molecule has 0 saturated carbocycles. The molecule has 0 saturated heterocycles. The van der Waals surface area contributed by atoms with E-state index in [1.165, 1.54) is 5.69 Å². The van der Waals surface area contributed by atoms with E-state index in [-0.39, 0.29) is 11.6 Å². The van der Waals surface area contributed by atoms with E-state index in [1.54, 1.807) is 0 Å². The number of aromatic nitrogens is 2. The SMILES string of the molecule is CCCNC(c1ccnn1CC)C(C)(CC)OCC. The molecule has 1 rings (SSSR count). The first-order valence-electron chi connectivity index (χ1n) is 7.51. The average molecular weight is 267 g/mol. The second kappa shape index (κ2) is 7.65. The summed E-state index contributed by atoms with van der Waals surface area (Å²) in [4.78, 5) is 0. The minimum Gasteiger partial charge on any atom is -0.374 e. The molecule has 0 spiro atoms. The van der Waals surface area contributed by atoms with Crippen molar-refractivity contribution in [1.29, 1.82) is 0 Å². The number of aryl methyl sites for hydroxylation is 1. The van der Waals surface area contributed by atoms with Crippen LogP contribution in [0.1, 0.15) is 59.2 Å². The summed E-state index contributed by atoms with van der Waals surface area (Å²) in [6, 6.07) is 2.28. The summed E-state index contributed by atoms with van der Waals surface area (Å²) in [6.07, 6.45) is 3.96. The summed E-state index contributed by atoms with van der Waals surface area (Å²) >= 11 is 0. The van der Waals surface area contributed by atoms with Crippen LogP contribution in [0.4, 0.5) is 0 Å². The smallest absolute Gasteiger partial charge is 0.0860 e. The molecule has 4 nitrogen and oxygen atoms in total. The van der Waals surface area contributed by atoms with Crippen molar-refractivity contribution < 1.29 is 4.74 Å². The van der Waals surface area contributed by atoms with Crippen LogP contribution in [0, 0.1) is 0 Å². The van der Waals surface area contributed by atoms with Gasteiger partial charge in [-0.3, -0.25) is 4.68 Å².